The van der Waals surface area contributed by atoms with E-state index in [1.807, 2.05) is 0 Å². The van der Waals surface area contributed by atoms with E-state index in [-0.39, 0.29) is 13.1 Å². The molecule has 2 aromatic rings. The molecule has 0 heterocycles. The first-order valence-electron chi connectivity index (χ1n) is 7.38. The monoisotopic (exact) mass is 384 g/mol. The summed E-state index contributed by atoms with van der Waals surface area (Å²) in [6.45, 7) is -0.270. The van der Waals surface area contributed by atoms with Crippen molar-refractivity contribution in [1.29, 1.82) is 0 Å². The van der Waals surface area contributed by atoms with E-state index in [0.29, 0.717) is 16.3 Å². The van der Waals surface area contributed by atoms with Crippen molar-refractivity contribution in [2.24, 2.45) is 0 Å². The van der Waals surface area contributed by atoms with Crippen molar-refractivity contribution in [3.8, 4) is 0 Å². The van der Waals surface area contributed by atoms with Crippen LogP contribution in [0.15, 0.2) is 48.5 Å². The molecule has 0 radical (unpaired) electrons. The molecule has 0 aromatic heterocycles. The van der Waals surface area contributed by atoms with Crippen LogP contribution in [0.3, 0.4) is 0 Å². The molecule has 0 atom stereocenters. The maximum atomic E-state index is 13.0. The first kappa shape index (κ1) is 19.4. The normalized spacial score (nSPS) is 11.6. The third kappa shape index (κ3) is 5.52. The molecule has 134 valence electrons. The van der Waals surface area contributed by atoms with Gasteiger partial charge in [0.15, 0.2) is 0 Å². The first-order valence-corrected chi connectivity index (χ1v) is 9.61. The molecule has 0 fully saturated rings. The average Bonchev–Trinajstić information content (AvgIpc) is 2.55. The Bertz CT molecular complexity index is 839. The number of carbonyl (C=O) groups excluding carboxylic acids is 1. The number of amides is 1. The number of carbonyl (C=O) groups is 1. The van der Waals surface area contributed by atoms with Crippen LogP contribution < -0.4 is 4.90 Å². The Kier molecular flexibility index (Phi) is 6.16. The molecule has 2 aromatic carbocycles. The van der Waals surface area contributed by atoms with E-state index in [1.54, 1.807) is 24.3 Å². The second kappa shape index (κ2) is 7.95. The summed E-state index contributed by atoms with van der Waals surface area (Å²) >= 11 is 5.82. The van der Waals surface area contributed by atoms with E-state index in [4.69, 9.17) is 11.6 Å². The van der Waals surface area contributed by atoms with E-state index < -0.39 is 21.7 Å². The third-order valence-electron chi connectivity index (χ3n) is 3.64. The number of likely N-dealkylation sites (N-methyl/N-ethyl adjacent to an activating group) is 1. The van der Waals surface area contributed by atoms with Crippen LogP contribution in [0.1, 0.15) is 5.56 Å². The van der Waals surface area contributed by atoms with Gasteiger partial charge in [-0.15, -0.1) is 0 Å². The van der Waals surface area contributed by atoms with Crippen molar-refractivity contribution in [1.82, 2.24) is 4.31 Å². The van der Waals surface area contributed by atoms with Gasteiger partial charge in [0.1, 0.15) is 5.82 Å². The largest absolute Gasteiger partial charge is 0.314 e. The second-order valence-electron chi connectivity index (χ2n) is 5.59. The number of hydrogen-bond donors (Lipinski definition) is 0. The van der Waals surface area contributed by atoms with Gasteiger partial charge >= 0.3 is 0 Å². The van der Waals surface area contributed by atoms with Crippen LogP contribution in [0.25, 0.3) is 0 Å². The molecule has 1 amide bonds. The van der Waals surface area contributed by atoms with Gasteiger partial charge in [0, 0.05) is 24.3 Å². The Morgan fingerprint density at radius 2 is 1.64 bits per heavy atom. The zero-order chi connectivity index (χ0) is 18.6. The maximum Gasteiger partial charge on any atom is 0.242 e. The number of nitrogens with zero attached hydrogens (tertiary/aromatic N) is 2. The first-order chi connectivity index (χ1) is 11.7. The van der Waals surface area contributed by atoms with Gasteiger partial charge in [-0.3, -0.25) is 4.79 Å². The molecule has 0 saturated carbocycles. The lowest BCUT2D eigenvalue weighted by Gasteiger charge is -2.23. The van der Waals surface area contributed by atoms with Gasteiger partial charge in [0.05, 0.1) is 12.8 Å². The number of hydrogen-bond acceptors (Lipinski definition) is 3. The lowest BCUT2D eigenvalue weighted by Crippen LogP contribution is -2.40. The van der Waals surface area contributed by atoms with Gasteiger partial charge in [-0.05, 0) is 42.0 Å². The van der Waals surface area contributed by atoms with Crippen LogP contribution in [0.2, 0.25) is 5.02 Å². The molecule has 0 unspecified atom stereocenters. The molecule has 5 nitrogen and oxygen atoms in total. The van der Waals surface area contributed by atoms with E-state index in [0.717, 1.165) is 10.6 Å². The highest BCUT2D eigenvalue weighted by Gasteiger charge is 2.23. The predicted octanol–water partition coefficient (Wildman–Crippen LogP) is 2.90. The molecule has 0 aliphatic heterocycles. The standard InChI is InChI=1S/C17H18ClFN2O3S/c1-20(16-9-7-15(19)8-10-16)17(22)12-21(25(2,23)24)11-13-3-5-14(18)6-4-13/h3-10H,11-12H2,1-2H3. The van der Waals surface area contributed by atoms with E-state index in [2.05, 4.69) is 0 Å². The fourth-order valence-corrected chi connectivity index (χ4v) is 3.00. The van der Waals surface area contributed by atoms with Gasteiger partial charge in [-0.25, -0.2) is 12.8 Å². The predicted molar refractivity (Wildman–Crippen MR) is 96.5 cm³/mol. The molecule has 0 aliphatic rings. The van der Waals surface area contributed by atoms with Gasteiger partial charge in [0.2, 0.25) is 15.9 Å². The molecule has 0 spiro atoms. The van der Waals surface area contributed by atoms with Crippen molar-refractivity contribution >= 4 is 33.2 Å². The summed E-state index contributed by atoms with van der Waals surface area (Å²) in [5, 5.41) is 0.543. The number of halogens is 2. The van der Waals surface area contributed by atoms with E-state index in [1.165, 1.54) is 36.2 Å². The number of sulfonamides is 1. The quantitative estimate of drug-likeness (QED) is 0.769. The topological polar surface area (TPSA) is 57.7 Å². The van der Waals surface area contributed by atoms with Gasteiger partial charge in [-0.2, -0.15) is 4.31 Å². The molecule has 0 saturated heterocycles. The molecule has 2 rings (SSSR count). The molecular weight excluding hydrogens is 367 g/mol. The van der Waals surface area contributed by atoms with Crippen LogP contribution in [0.5, 0.6) is 0 Å². The Balaban J connectivity index is 2.14. The van der Waals surface area contributed by atoms with Crippen molar-refractivity contribution in [3.63, 3.8) is 0 Å². The fourth-order valence-electron chi connectivity index (χ4n) is 2.15. The molecule has 0 N–H and O–H groups in total. The zero-order valence-corrected chi connectivity index (χ0v) is 15.4. The Morgan fingerprint density at radius 3 is 2.16 bits per heavy atom. The van der Waals surface area contributed by atoms with Crippen molar-refractivity contribution < 1.29 is 17.6 Å². The third-order valence-corrected chi connectivity index (χ3v) is 5.09. The zero-order valence-electron chi connectivity index (χ0n) is 13.8. The molecule has 0 bridgehead atoms. The minimum absolute atomic E-state index is 0.0546. The smallest absolute Gasteiger partial charge is 0.242 e. The highest BCUT2D eigenvalue weighted by atomic mass is 35.5. The minimum Gasteiger partial charge on any atom is -0.314 e. The molecule has 0 aliphatic carbocycles. The van der Waals surface area contributed by atoms with Gasteiger partial charge in [0.25, 0.3) is 0 Å². The Hall–Kier alpha value is -1.96. The van der Waals surface area contributed by atoms with Crippen LogP contribution in [-0.2, 0) is 21.4 Å². The summed E-state index contributed by atoms with van der Waals surface area (Å²) in [5.74, 6) is -0.837. The Labute approximate surface area is 151 Å². The highest BCUT2D eigenvalue weighted by molar-refractivity contribution is 7.88. The molecule has 8 heteroatoms. The van der Waals surface area contributed by atoms with E-state index in [9.17, 15) is 17.6 Å². The van der Waals surface area contributed by atoms with Crippen LogP contribution >= 0.6 is 11.6 Å². The average molecular weight is 385 g/mol. The molecular formula is C17H18ClFN2O3S. The second-order valence-corrected chi connectivity index (χ2v) is 8.01. The summed E-state index contributed by atoms with van der Waals surface area (Å²) in [7, 11) is -2.09. The minimum atomic E-state index is -3.60. The maximum absolute atomic E-state index is 13.0. The number of rotatable bonds is 6. The van der Waals surface area contributed by atoms with Crippen LogP contribution in [0, 0.1) is 5.82 Å². The van der Waals surface area contributed by atoms with Crippen LogP contribution in [-0.4, -0.2) is 38.5 Å². The summed E-state index contributed by atoms with van der Waals surface area (Å²) in [4.78, 5) is 13.7. The van der Waals surface area contributed by atoms with Gasteiger partial charge < -0.3 is 4.90 Å². The molecule has 25 heavy (non-hydrogen) atoms. The lowest BCUT2D eigenvalue weighted by molar-refractivity contribution is -0.118. The summed E-state index contributed by atoms with van der Waals surface area (Å²) < 4.78 is 38.1. The fraction of sp³-hybridized carbons (Fsp3) is 0.235. The van der Waals surface area contributed by atoms with Crippen molar-refractivity contribution in [2.45, 2.75) is 6.54 Å². The summed E-state index contributed by atoms with van der Waals surface area (Å²) in [6, 6.07) is 12.1. The number of anilines is 1. The van der Waals surface area contributed by atoms with Crippen molar-refractivity contribution in [2.75, 3.05) is 24.7 Å². The lowest BCUT2D eigenvalue weighted by atomic mass is 10.2. The van der Waals surface area contributed by atoms with Gasteiger partial charge in [-0.1, -0.05) is 23.7 Å². The van der Waals surface area contributed by atoms with Crippen LogP contribution in [0.4, 0.5) is 10.1 Å². The van der Waals surface area contributed by atoms with E-state index >= 15 is 0 Å². The summed E-state index contributed by atoms with van der Waals surface area (Å²) in [5.41, 5.74) is 1.19. The van der Waals surface area contributed by atoms with Crippen molar-refractivity contribution in [3.05, 3.63) is 64.9 Å². The summed E-state index contributed by atoms with van der Waals surface area (Å²) in [6.07, 6.45) is 1.05. The SMILES string of the molecule is CN(C(=O)CN(Cc1ccc(Cl)cc1)S(C)(=O)=O)c1ccc(F)cc1. The number of benzene rings is 2. The highest BCUT2D eigenvalue weighted by Crippen LogP contribution is 2.16. The Morgan fingerprint density at radius 1 is 1.08 bits per heavy atom.